The Kier molecular flexibility index (Phi) is 4.54. The number of allylic oxidation sites excluding steroid dienone is 1. The lowest BCUT2D eigenvalue weighted by Crippen LogP contribution is -2.24. The average molecular weight is 248 g/mol. The van der Waals surface area contributed by atoms with Gasteiger partial charge in [-0.25, -0.2) is 0 Å². The van der Waals surface area contributed by atoms with Gasteiger partial charge in [-0.05, 0) is 31.9 Å². The third-order valence-corrected chi connectivity index (χ3v) is 3.07. The van der Waals surface area contributed by atoms with Gasteiger partial charge >= 0.3 is 0 Å². The first-order valence-electron chi connectivity index (χ1n) is 5.82. The monoisotopic (exact) mass is 248 g/mol. The third kappa shape index (κ3) is 2.55. The molecule has 0 fully saturated rings. The molecule has 0 saturated carbocycles. The minimum atomic E-state index is -0.646. The van der Waals surface area contributed by atoms with Gasteiger partial charge in [-0.1, -0.05) is 12.1 Å². The van der Waals surface area contributed by atoms with Crippen molar-refractivity contribution in [3.63, 3.8) is 0 Å². The van der Waals surface area contributed by atoms with Gasteiger partial charge in [0.05, 0.1) is 19.6 Å². The standard InChI is InChI=1S/C15H20O3/c1-6-7-15(3,10-16)12-8-11(2)9-13(17-4)14(12)18-5/h6,8-10H,1,7H2,2-5H3. The number of aldehydes is 1. The van der Waals surface area contributed by atoms with Crippen LogP contribution in [0.3, 0.4) is 0 Å². The van der Waals surface area contributed by atoms with E-state index in [1.807, 2.05) is 26.0 Å². The summed E-state index contributed by atoms with van der Waals surface area (Å²) in [7, 11) is 3.17. The second-order valence-corrected chi connectivity index (χ2v) is 4.58. The maximum absolute atomic E-state index is 11.5. The number of benzene rings is 1. The Bertz CT molecular complexity index is 451. The van der Waals surface area contributed by atoms with Gasteiger partial charge in [-0.15, -0.1) is 6.58 Å². The largest absolute Gasteiger partial charge is 0.493 e. The van der Waals surface area contributed by atoms with E-state index in [0.29, 0.717) is 17.9 Å². The lowest BCUT2D eigenvalue weighted by atomic mass is 9.79. The maximum atomic E-state index is 11.5. The van der Waals surface area contributed by atoms with Crippen molar-refractivity contribution in [2.24, 2.45) is 0 Å². The first kappa shape index (κ1) is 14.3. The van der Waals surface area contributed by atoms with Crippen LogP contribution in [0.15, 0.2) is 24.8 Å². The molecule has 98 valence electrons. The smallest absolute Gasteiger partial charge is 0.164 e. The summed E-state index contributed by atoms with van der Waals surface area (Å²) in [6.45, 7) is 7.55. The molecule has 0 saturated heterocycles. The summed E-state index contributed by atoms with van der Waals surface area (Å²) in [5.41, 5.74) is 1.21. The second kappa shape index (κ2) is 5.71. The van der Waals surface area contributed by atoms with Gasteiger partial charge in [-0.3, -0.25) is 0 Å². The molecule has 0 heterocycles. The van der Waals surface area contributed by atoms with Gasteiger partial charge in [0.25, 0.3) is 0 Å². The number of carbonyl (C=O) groups is 1. The van der Waals surface area contributed by atoms with Crippen LogP contribution in [-0.2, 0) is 10.2 Å². The van der Waals surface area contributed by atoms with E-state index in [0.717, 1.165) is 17.4 Å². The molecule has 3 heteroatoms. The van der Waals surface area contributed by atoms with E-state index >= 15 is 0 Å². The van der Waals surface area contributed by atoms with Gasteiger partial charge in [-0.2, -0.15) is 0 Å². The molecule has 1 rings (SSSR count). The molecular formula is C15H20O3. The summed E-state index contributed by atoms with van der Waals surface area (Å²) in [5.74, 6) is 1.25. The molecule has 0 spiro atoms. The maximum Gasteiger partial charge on any atom is 0.164 e. The van der Waals surface area contributed by atoms with E-state index in [1.165, 1.54) is 0 Å². The second-order valence-electron chi connectivity index (χ2n) is 4.58. The van der Waals surface area contributed by atoms with Gasteiger partial charge in [0.2, 0.25) is 0 Å². The van der Waals surface area contributed by atoms with E-state index in [-0.39, 0.29) is 0 Å². The van der Waals surface area contributed by atoms with Crippen molar-refractivity contribution < 1.29 is 14.3 Å². The molecule has 0 aliphatic heterocycles. The normalized spacial score (nSPS) is 13.6. The van der Waals surface area contributed by atoms with E-state index in [4.69, 9.17) is 9.47 Å². The van der Waals surface area contributed by atoms with Crippen molar-refractivity contribution in [2.45, 2.75) is 25.7 Å². The van der Waals surface area contributed by atoms with Crippen molar-refractivity contribution in [3.05, 3.63) is 35.9 Å². The summed E-state index contributed by atoms with van der Waals surface area (Å²) in [6, 6.07) is 3.85. The predicted octanol–water partition coefficient (Wildman–Crippen LogP) is 3.04. The fraction of sp³-hybridized carbons (Fsp3) is 0.400. The highest BCUT2D eigenvalue weighted by Crippen LogP contribution is 2.40. The summed E-state index contributed by atoms with van der Waals surface area (Å²) in [4.78, 5) is 11.5. The van der Waals surface area contributed by atoms with E-state index in [1.54, 1.807) is 20.3 Å². The fourth-order valence-electron chi connectivity index (χ4n) is 2.05. The van der Waals surface area contributed by atoms with Gasteiger partial charge < -0.3 is 14.3 Å². The molecule has 0 bridgehead atoms. The molecule has 1 atom stereocenters. The zero-order chi connectivity index (χ0) is 13.8. The van der Waals surface area contributed by atoms with E-state index in [2.05, 4.69) is 6.58 Å². The molecule has 0 aliphatic rings. The Morgan fingerprint density at radius 1 is 1.33 bits per heavy atom. The van der Waals surface area contributed by atoms with Crippen LogP contribution in [0.25, 0.3) is 0 Å². The van der Waals surface area contributed by atoms with Crippen LogP contribution in [0.2, 0.25) is 0 Å². The highest BCUT2D eigenvalue weighted by molar-refractivity contribution is 5.72. The molecule has 0 aliphatic carbocycles. The lowest BCUT2D eigenvalue weighted by molar-refractivity contribution is -0.112. The van der Waals surface area contributed by atoms with Gasteiger partial charge in [0.1, 0.15) is 6.29 Å². The Labute approximate surface area is 108 Å². The van der Waals surface area contributed by atoms with Crippen LogP contribution in [-0.4, -0.2) is 20.5 Å². The minimum absolute atomic E-state index is 0.555. The predicted molar refractivity (Wildman–Crippen MR) is 72.5 cm³/mol. The van der Waals surface area contributed by atoms with Crippen molar-refractivity contribution in [2.75, 3.05) is 14.2 Å². The van der Waals surface area contributed by atoms with Gasteiger partial charge in [0.15, 0.2) is 11.5 Å². The molecule has 0 amide bonds. The first-order chi connectivity index (χ1) is 8.52. The summed E-state index contributed by atoms with van der Waals surface area (Å²) < 4.78 is 10.7. The number of carbonyl (C=O) groups excluding carboxylic acids is 1. The van der Waals surface area contributed by atoms with E-state index in [9.17, 15) is 4.79 Å². The number of ether oxygens (including phenoxy) is 2. The van der Waals surface area contributed by atoms with Crippen LogP contribution >= 0.6 is 0 Å². The Hall–Kier alpha value is -1.77. The average Bonchev–Trinajstić information content (AvgIpc) is 2.37. The van der Waals surface area contributed by atoms with E-state index < -0.39 is 5.41 Å². The Morgan fingerprint density at radius 3 is 2.44 bits per heavy atom. The first-order valence-corrected chi connectivity index (χ1v) is 5.82. The van der Waals surface area contributed by atoms with Crippen LogP contribution in [0, 0.1) is 6.92 Å². The number of methoxy groups -OCH3 is 2. The molecule has 1 aromatic carbocycles. The minimum Gasteiger partial charge on any atom is -0.493 e. The number of aryl methyl sites for hydroxylation is 1. The Balaban J connectivity index is 3.50. The number of rotatable bonds is 6. The Morgan fingerprint density at radius 2 is 2.00 bits per heavy atom. The quantitative estimate of drug-likeness (QED) is 0.573. The van der Waals surface area contributed by atoms with Crippen molar-refractivity contribution in [1.29, 1.82) is 0 Å². The summed E-state index contributed by atoms with van der Waals surface area (Å²) in [6.07, 6.45) is 3.23. The number of hydrogen-bond acceptors (Lipinski definition) is 3. The third-order valence-electron chi connectivity index (χ3n) is 3.07. The molecule has 0 radical (unpaired) electrons. The van der Waals surface area contributed by atoms with Crippen LogP contribution < -0.4 is 9.47 Å². The summed E-state index contributed by atoms with van der Waals surface area (Å²) in [5, 5.41) is 0. The van der Waals surface area contributed by atoms with Crippen LogP contribution in [0.1, 0.15) is 24.5 Å². The number of hydrogen-bond donors (Lipinski definition) is 0. The molecular weight excluding hydrogens is 228 g/mol. The zero-order valence-electron chi connectivity index (χ0n) is 11.4. The summed E-state index contributed by atoms with van der Waals surface area (Å²) >= 11 is 0. The van der Waals surface area contributed by atoms with Crippen LogP contribution in [0.4, 0.5) is 0 Å². The van der Waals surface area contributed by atoms with Crippen LogP contribution in [0.5, 0.6) is 11.5 Å². The van der Waals surface area contributed by atoms with Gasteiger partial charge in [0, 0.05) is 5.56 Å². The molecule has 3 nitrogen and oxygen atoms in total. The van der Waals surface area contributed by atoms with Crippen molar-refractivity contribution in [1.82, 2.24) is 0 Å². The fourth-order valence-corrected chi connectivity index (χ4v) is 2.05. The molecule has 0 aromatic heterocycles. The molecule has 0 N–H and O–H groups in total. The lowest BCUT2D eigenvalue weighted by Gasteiger charge is -2.26. The topological polar surface area (TPSA) is 35.5 Å². The molecule has 1 aromatic rings. The highest BCUT2D eigenvalue weighted by Gasteiger charge is 2.30. The van der Waals surface area contributed by atoms with Crippen molar-refractivity contribution >= 4 is 6.29 Å². The molecule has 18 heavy (non-hydrogen) atoms. The molecule has 1 unspecified atom stereocenters. The zero-order valence-corrected chi connectivity index (χ0v) is 11.4. The highest BCUT2D eigenvalue weighted by atomic mass is 16.5. The SMILES string of the molecule is C=CCC(C)(C=O)c1cc(C)cc(OC)c1OC. The van der Waals surface area contributed by atoms with Crippen molar-refractivity contribution in [3.8, 4) is 11.5 Å².